The van der Waals surface area contributed by atoms with Gasteiger partial charge in [0.2, 0.25) is 5.91 Å². The molecule has 2 aromatic carbocycles. The maximum atomic E-state index is 11.3. The molecular weight excluding hydrogens is 442 g/mol. The predicted octanol–water partition coefficient (Wildman–Crippen LogP) is 6.88. The highest BCUT2D eigenvalue weighted by atomic mass is 16.1. The van der Waals surface area contributed by atoms with Gasteiger partial charge in [-0.1, -0.05) is 95.0 Å². The molecule has 0 radical (unpaired) electrons. The number of carbonyl (C=O) groups is 1. The van der Waals surface area contributed by atoms with E-state index in [2.05, 4.69) is 123 Å². The van der Waals surface area contributed by atoms with Crippen LogP contribution in [0.5, 0.6) is 0 Å². The van der Waals surface area contributed by atoms with E-state index in [9.17, 15) is 4.79 Å². The molecule has 2 aromatic rings. The van der Waals surface area contributed by atoms with Crippen LogP contribution in [0, 0.1) is 0 Å². The summed E-state index contributed by atoms with van der Waals surface area (Å²) < 4.78 is 0. The second kappa shape index (κ2) is 11.5. The van der Waals surface area contributed by atoms with Crippen LogP contribution in [0.1, 0.15) is 52.2 Å². The van der Waals surface area contributed by atoms with Crippen molar-refractivity contribution in [3.63, 3.8) is 0 Å². The van der Waals surface area contributed by atoms with Gasteiger partial charge in [-0.05, 0) is 41.3 Å². The summed E-state index contributed by atoms with van der Waals surface area (Å²) in [5.74, 6) is 0.0156. The largest absolute Gasteiger partial charge is 0.388 e. The number of carbonyl (C=O) groups excluding carboxylic acids is 1. The van der Waals surface area contributed by atoms with Crippen molar-refractivity contribution in [1.29, 1.82) is 0 Å². The number of allylic oxidation sites excluding steroid dienone is 7. The number of benzene rings is 2. The van der Waals surface area contributed by atoms with Crippen LogP contribution in [0.15, 0.2) is 96.8 Å². The number of hydrogen-bond acceptors (Lipinski definition) is 3. The molecule has 0 fully saturated rings. The average Bonchev–Trinajstić information content (AvgIpc) is 3.07. The summed E-state index contributed by atoms with van der Waals surface area (Å²) in [6.07, 6.45) is 11.5. The van der Waals surface area contributed by atoms with Crippen molar-refractivity contribution < 1.29 is 4.79 Å². The van der Waals surface area contributed by atoms with Crippen molar-refractivity contribution >= 4 is 17.3 Å². The Hall–Kier alpha value is -3.53. The SMILES string of the molecule is C=C(/C=C/C=C/C=C1\N(CCCNC(C)=O)c2ccccc2C1(C)C)C(C)(C)c1ccccc1NC. The molecule has 1 aliphatic rings. The summed E-state index contributed by atoms with van der Waals surface area (Å²) in [6.45, 7) is 16.4. The molecule has 0 saturated heterocycles. The Morgan fingerprint density at radius 1 is 1.06 bits per heavy atom. The van der Waals surface area contributed by atoms with E-state index in [-0.39, 0.29) is 16.7 Å². The highest BCUT2D eigenvalue weighted by Gasteiger charge is 2.39. The monoisotopic (exact) mass is 483 g/mol. The normalized spacial score (nSPS) is 16.1. The van der Waals surface area contributed by atoms with Gasteiger partial charge in [0.05, 0.1) is 0 Å². The minimum absolute atomic E-state index is 0.0156. The van der Waals surface area contributed by atoms with Crippen LogP contribution in [0.2, 0.25) is 0 Å². The van der Waals surface area contributed by atoms with Crippen LogP contribution in [-0.2, 0) is 15.6 Å². The predicted molar refractivity (Wildman–Crippen MR) is 155 cm³/mol. The Balaban J connectivity index is 1.77. The van der Waals surface area contributed by atoms with Crippen molar-refractivity contribution in [2.24, 2.45) is 0 Å². The second-order valence-electron chi connectivity index (χ2n) is 10.4. The first kappa shape index (κ1) is 27.1. The van der Waals surface area contributed by atoms with Gasteiger partial charge in [-0.25, -0.2) is 0 Å². The smallest absolute Gasteiger partial charge is 0.216 e. The molecule has 0 unspecified atom stereocenters. The van der Waals surface area contributed by atoms with Crippen LogP contribution >= 0.6 is 0 Å². The van der Waals surface area contributed by atoms with Crippen molar-refractivity contribution in [2.75, 3.05) is 30.4 Å². The van der Waals surface area contributed by atoms with Gasteiger partial charge in [-0.2, -0.15) is 0 Å². The standard InChI is InChI=1S/C32H41N3O/c1-24(31(3,4)26-17-11-13-19-28(26)33-7)16-9-8-10-21-30-32(5,6)27-18-12-14-20-29(27)35(30)23-15-22-34-25(2)36/h8-14,16-21,33H,1,15,22-23H2,2-7H3,(H,34,36)/b10-8+,16-9+,30-21-. The lowest BCUT2D eigenvalue weighted by Crippen LogP contribution is -2.30. The highest BCUT2D eigenvalue weighted by Crippen LogP contribution is 2.47. The Bertz CT molecular complexity index is 1180. The topological polar surface area (TPSA) is 44.4 Å². The molecule has 0 spiro atoms. The Kier molecular flexibility index (Phi) is 8.62. The summed E-state index contributed by atoms with van der Waals surface area (Å²) >= 11 is 0. The molecule has 0 aromatic heterocycles. The Morgan fingerprint density at radius 3 is 2.47 bits per heavy atom. The molecule has 0 bridgehead atoms. The van der Waals surface area contributed by atoms with Gasteiger partial charge in [0, 0.05) is 55.0 Å². The average molecular weight is 484 g/mol. The summed E-state index contributed by atoms with van der Waals surface area (Å²) in [5.41, 5.74) is 6.96. The van der Waals surface area contributed by atoms with Gasteiger partial charge in [0.1, 0.15) is 0 Å². The molecule has 2 N–H and O–H groups in total. The first-order valence-electron chi connectivity index (χ1n) is 12.7. The lowest BCUT2D eigenvalue weighted by molar-refractivity contribution is -0.118. The Morgan fingerprint density at radius 2 is 1.75 bits per heavy atom. The number of nitrogens with one attached hydrogen (secondary N) is 2. The number of fused-ring (bicyclic) bond motifs is 1. The highest BCUT2D eigenvalue weighted by molar-refractivity contribution is 5.73. The van der Waals surface area contributed by atoms with Crippen LogP contribution in [-0.4, -0.2) is 26.0 Å². The number of hydrogen-bond donors (Lipinski definition) is 2. The maximum absolute atomic E-state index is 11.3. The molecule has 1 heterocycles. The molecule has 0 aliphatic carbocycles. The molecule has 4 heteroatoms. The van der Waals surface area contributed by atoms with Crippen molar-refractivity contribution in [3.8, 4) is 0 Å². The van der Waals surface area contributed by atoms with Gasteiger partial charge < -0.3 is 15.5 Å². The molecule has 1 amide bonds. The number of para-hydroxylation sites is 2. The fraction of sp³-hybridized carbons (Fsp3) is 0.344. The molecular formula is C32H41N3O. The molecule has 0 atom stereocenters. The fourth-order valence-electron chi connectivity index (χ4n) is 4.89. The van der Waals surface area contributed by atoms with Crippen molar-refractivity contribution in [3.05, 3.63) is 108 Å². The number of amides is 1. The zero-order valence-electron chi connectivity index (χ0n) is 22.7. The van der Waals surface area contributed by atoms with E-state index in [0.717, 1.165) is 24.2 Å². The van der Waals surface area contributed by atoms with Gasteiger partial charge in [-0.3, -0.25) is 4.79 Å². The summed E-state index contributed by atoms with van der Waals surface area (Å²) in [5, 5.41) is 6.21. The van der Waals surface area contributed by atoms with Gasteiger partial charge in [0.15, 0.2) is 0 Å². The molecule has 1 aliphatic heterocycles. The third kappa shape index (κ3) is 5.81. The van der Waals surface area contributed by atoms with Gasteiger partial charge in [-0.15, -0.1) is 0 Å². The molecule has 0 saturated carbocycles. The quantitative estimate of drug-likeness (QED) is 0.286. The number of anilines is 2. The minimum Gasteiger partial charge on any atom is -0.388 e. The third-order valence-electron chi connectivity index (χ3n) is 7.18. The first-order chi connectivity index (χ1) is 17.1. The molecule has 3 rings (SSSR count). The van der Waals surface area contributed by atoms with Crippen LogP contribution in [0.3, 0.4) is 0 Å². The Labute approximate surface area is 217 Å². The van der Waals surface area contributed by atoms with Crippen LogP contribution in [0.25, 0.3) is 0 Å². The minimum atomic E-state index is -0.192. The fourth-order valence-corrected chi connectivity index (χ4v) is 4.89. The van der Waals surface area contributed by atoms with Crippen molar-refractivity contribution in [2.45, 2.75) is 51.9 Å². The van der Waals surface area contributed by atoms with E-state index >= 15 is 0 Å². The summed E-state index contributed by atoms with van der Waals surface area (Å²) in [4.78, 5) is 13.7. The lowest BCUT2D eigenvalue weighted by Gasteiger charge is -2.28. The molecule has 190 valence electrons. The van der Waals surface area contributed by atoms with E-state index in [4.69, 9.17) is 0 Å². The van der Waals surface area contributed by atoms with Crippen LogP contribution < -0.4 is 15.5 Å². The van der Waals surface area contributed by atoms with E-state index in [1.807, 2.05) is 13.1 Å². The number of nitrogens with zero attached hydrogens (tertiary/aromatic N) is 1. The zero-order valence-corrected chi connectivity index (χ0v) is 22.7. The van der Waals surface area contributed by atoms with E-state index < -0.39 is 0 Å². The van der Waals surface area contributed by atoms with Crippen molar-refractivity contribution in [1.82, 2.24) is 5.32 Å². The second-order valence-corrected chi connectivity index (χ2v) is 10.4. The first-order valence-corrected chi connectivity index (χ1v) is 12.7. The van der Waals surface area contributed by atoms with E-state index in [1.54, 1.807) is 6.92 Å². The zero-order chi connectivity index (χ0) is 26.3. The molecule has 4 nitrogen and oxygen atoms in total. The van der Waals surface area contributed by atoms with Gasteiger partial charge in [0.25, 0.3) is 0 Å². The lowest BCUT2D eigenvalue weighted by atomic mass is 9.77. The maximum Gasteiger partial charge on any atom is 0.216 e. The summed E-state index contributed by atoms with van der Waals surface area (Å²) in [7, 11) is 1.95. The molecule has 36 heavy (non-hydrogen) atoms. The van der Waals surface area contributed by atoms with E-state index in [0.29, 0.717) is 6.54 Å². The third-order valence-corrected chi connectivity index (χ3v) is 7.18. The van der Waals surface area contributed by atoms with Gasteiger partial charge >= 0.3 is 0 Å². The van der Waals surface area contributed by atoms with Crippen LogP contribution in [0.4, 0.5) is 11.4 Å². The summed E-state index contributed by atoms with van der Waals surface area (Å²) in [6, 6.07) is 17.0. The van der Waals surface area contributed by atoms with E-state index in [1.165, 1.54) is 22.5 Å². The number of rotatable bonds is 10.